The van der Waals surface area contributed by atoms with Crippen molar-refractivity contribution in [1.82, 2.24) is 14.9 Å². The second-order valence-corrected chi connectivity index (χ2v) is 6.64. The van der Waals surface area contributed by atoms with E-state index in [0.717, 1.165) is 24.3 Å². The fraction of sp³-hybridized carbons (Fsp3) is 0.438. The van der Waals surface area contributed by atoms with Crippen molar-refractivity contribution in [2.45, 2.75) is 18.9 Å². The van der Waals surface area contributed by atoms with Crippen molar-refractivity contribution in [3.05, 3.63) is 34.8 Å². The first kappa shape index (κ1) is 15.7. The monoisotopic (exact) mass is 332 g/mol. The van der Waals surface area contributed by atoms with Crippen LogP contribution in [-0.4, -0.2) is 54.1 Å². The first-order chi connectivity index (χ1) is 11.1. The number of ether oxygens (including phenoxy) is 1. The van der Waals surface area contributed by atoms with Gasteiger partial charge in [-0.2, -0.15) is 0 Å². The Kier molecular flexibility index (Phi) is 4.76. The fourth-order valence-electron chi connectivity index (χ4n) is 2.64. The first-order valence-corrected chi connectivity index (χ1v) is 8.51. The molecule has 3 heterocycles. The molecule has 2 aromatic heterocycles. The van der Waals surface area contributed by atoms with Gasteiger partial charge in [0, 0.05) is 33.0 Å². The number of aromatic nitrogens is 2. The van der Waals surface area contributed by atoms with Crippen LogP contribution in [0.3, 0.4) is 0 Å². The van der Waals surface area contributed by atoms with Crippen molar-refractivity contribution in [1.29, 1.82) is 0 Å². The summed E-state index contributed by atoms with van der Waals surface area (Å²) in [5, 5.41) is 1.92. The molecule has 2 aromatic rings. The molecule has 6 nitrogen and oxygen atoms in total. The summed E-state index contributed by atoms with van der Waals surface area (Å²) in [6, 6.07) is 3.77. The van der Waals surface area contributed by atoms with E-state index in [4.69, 9.17) is 4.74 Å². The number of rotatable bonds is 4. The quantitative estimate of drug-likeness (QED) is 0.860. The van der Waals surface area contributed by atoms with Gasteiger partial charge in [-0.1, -0.05) is 6.07 Å². The van der Waals surface area contributed by atoms with Crippen LogP contribution in [0.5, 0.6) is 5.88 Å². The number of carbonyl (C=O) groups is 1. The largest absolute Gasteiger partial charge is 0.470 e. The second kappa shape index (κ2) is 6.95. The highest BCUT2D eigenvalue weighted by Crippen LogP contribution is 2.25. The van der Waals surface area contributed by atoms with Gasteiger partial charge >= 0.3 is 0 Å². The van der Waals surface area contributed by atoms with E-state index < -0.39 is 0 Å². The van der Waals surface area contributed by atoms with Crippen LogP contribution in [0.1, 0.15) is 22.5 Å². The van der Waals surface area contributed by atoms with Gasteiger partial charge < -0.3 is 14.5 Å². The predicted octanol–water partition coefficient (Wildman–Crippen LogP) is 2.29. The van der Waals surface area contributed by atoms with E-state index in [9.17, 15) is 4.79 Å². The van der Waals surface area contributed by atoms with Crippen LogP contribution in [0.2, 0.25) is 0 Å². The molecule has 7 heteroatoms. The van der Waals surface area contributed by atoms with Gasteiger partial charge in [0.15, 0.2) is 5.82 Å². The summed E-state index contributed by atoms with van der Waals surface area (Å²) < 4.78 is 6.04. The van der Waals surface area contributed by atoms with Crippen LogP contribution in [0.25, 0.3) is 0 Å². The highest BCUT2D eigenvalue weighted by molar-refractivity contribution is 7.12. The maximum Gasteiger partial charge on any atom is 0.264 e. The molecule has 0 aromatic carbocycles. The predicted molar refractivity (Wildman–Crippen MR) is 90.2 cm³/mol. The lowest BCUT2D eigenvalue weighted by atomic mass is 10.1. The van der Waals surface area contributed by atoms with E-state index >= 15 is 0 Å². The summed E-state index contributed by atoms with van der Waals surface area (Å²) in [5.41, 5.74) is 0. The molecule has 0 bridgehead atoms. The molecule has 0 spiro atoms. The molecule has 1 aliphatic heterocycles. The zero-order valence-corrected chi connectivity index (χ0v) is 14.1. The van der Waals surface area contributed by atoms with Crippen molar-refractivity contribution in [2.75, 3.05) is 32.1 Å². The van der Waals surface area contributed by atoms with Crippen LogP contribution in [-0.2, 0) is 0 Å². The molecule has 3 rings (SSSR count). The standard InChI is InChI=1S/C16H20N4O2S/c1-19(2)14-15(18-8-7-17-14)22-12-5-3-9-20(11-12)16(21)13-6-4-10-23-13/h4,6-8,10,12H,3,5,9,11H2,1-2H3/t12-/m0/s1. The Balaban J connectivity index is 1.69. The summed E-state index contributed by atoms with van der Waals surface area (Å²) in [4.78, 5) is 25.6. The smallest absolute Gasteiger partial charge is 0.264 e. The number of anilines is 1. The molecule has 1 atom stereocenters. The number of carbonyl (C=O) groups excluding carboxylic acids is 1. The molecular weight excluding hydrogens is 312 g/mol. The Bertz CT molecular complexity index is 660. The molecular formula is C16H20N4O2S. The zero-order valence-electron chi connectivity index (χ0n) is 13.3. The lowest BCUT2D eigenvalue weighted by molar-refractivity contribution is 0.0532. The third kappa shape index (κ3) is 3.61. The topological polar surface area (TPSA) is 58.6 Å². The van der Waals surface area contributed by atoms with Gasteiger partial charge in [0.05, 0.1) is 11.4 Å². The number of amides is 1. The minimum Gasteiger partial charge on any atom is -0.470 e. The molecule has 1 aliphatic rings. The summed E-state index contributed by atoms with van der Waals surface area (Å²) in [7, 11) is 3.81. The van der Waals surface area contributed by atoms with Crippen LogP contribution < -0.4 is 9.64 Å². The Hall–Kier alpha value is -2.15. The maximum absolute atomic E-state index is 12.5. The highest BCUT2D eigenvalue weighted by atomic mass is 32.1. The molecule has 0 N–H and O–H groups in total. The molecule has 23 heavy (non-hydrogen) atoms. The highest BCUT2D eigenvalue weighted by Gasteiger charge is 2.27. The summed E-state index contributed by atoms with van der Waals surface area (Å²) in [6.45, 7) is 1.36. The lowest BCUT2D eigenvalue weighted by Gasteiger charge is -2.32. The summed E-state index contributed by atoms with van der Waals surface area (Å²) >= 11 is 1.48. The van der Waals surface area contributed by atoms with E-state index in [1.54, 1.807) is 12.4 Å². The number of thiophene rings is 1. The van der Waals surface area contributed by atoms with Gasteiger partial charge in [-0.25, -0.2) is 9.97 Å². The molecule has 122 valence electrons. The lowest BCUT2D eigenvalue weighted by Crippen LogP contribution is -2.44. The molecule has 0 radical (unpaired) electrons. The van der Waals surface area contributed by atoms with Crippen molar-refractivity contribution in [3.63, 3.8) is 0 Å². The number of hydrogen-bond donors (Lipinski definition) is 0. The number of piperidine rings is 1. The average molecular weight is 332 g/mol. The van der Waals surface area contributed by atoms with Crippen LogP contribution in [0.15, 0.2) is 29.9 Å². The van der Waals surface area contributed by atoms with Crippen LogP contribution in [0.4, 0.5) is 5.82 Å². The normalized spacial score (nSPS) is 17.8. The Morgan fingerprint density at radius 3 is 2.96 bits per heavy atom. The van der Waals surface area contributed by atoms with Crippen molar-refractivity contribution < 1.29 is 9.53 Å². The molecule has 1 fully saturated rings. The second-order valence-electron chi connectivity index (χ2n) is 5.69. The fourth-order valence-corrected chi connectivity index (χ4v) is 3.33. The van der Waals surface area contributed by atoms with Crippen molar-refractivity contribution in [2.24, 2.45) is 0 Å². The third-order valence-corrected chi connectivity index (χ3v) is 4.60. The van der Waals surface area contributed by atoms with Gasteiger partial charge in [0.1, 0.15) is 6.10 Å². The molecule has 1 saturated heterocycles. The van der Waals surface area contributed by atoms with E-state index in [2.05, 4.69) is 9.97 Å². The summed E-state index contributed by atoms with van der Waals surface area (Å²) in [6.07, 6.45) is 5.06. The van der Waals surface area contributed by atoms with Gasteiger partial charge in [0.25, 0.3) is 11.8 Å². The number of likely N-dealkylation sites (tertiary alicyclic amines) is 1. The summed E-state index contributed by atoms with van der Waals surface area (Å²) in [5.74, 6) is 1.31. The average Bonchev–Trinajstić information content (AvgIpc) is 3.09. The van der Waals surface area contributed by atoms with E-state index in [0.29, 0.717) is 18.2 Å². The number of nitrogens with zero attached hydrogens (tertiary/aromatic N) is 4. The van der Waals surface area contributed by atoms with Crippen LogP contribution >= 0.6 is 11.3 Å². The van der Waals surface area contributed by atoms with E-state index in [-0.39, 0.29) is 12.0 Å². The molecule has 0 unspecified atom stereocenters. The van der Waals surface area contributed by atoms with Gasteiger partial charge in [-0.15, -0.1) is 11.3 Å². The van der Waals surface area contributed by atoms with Gasteiger partial charge in [0.2, 0.25) is 0 Å². The van der Waals surface area contributed by atoms with Crippen LogP contribution in [0, 0.1) is 0 Å². The van der Waals surface area contributed by atoms with Crippen molar-refractivity contribution in [3.8, 4) is 5.88 Å². The van der Waals surface area contributed by atoms with Crippen molar-refractivity contribution >= 4 is 23.1 Å². The molecule has 1 amide bonds. The first-order valence-electron chi connectivity index (χ1n) is 7.63. The van der Waals surface area contributed by atoms with E-state index in [1.807, 2.05) is 41.4 Å². The SMILES string of the molecule is CN(C)c1nccnc1O[C@H]1CCCN(C(=O)c2cccs2)C1. The Labute approximate surface area is 139 Å². The third-order valence-electron chi connectivity index (χ3n) is 3.75. The van der Waals surface area contributed by atoms with Gasteiger partial charge in [-0.3, -0.25) is 4.79 Å². The molecule has 0 aliphatic carbocycles. The maximum atomic E-state index is 12.5. The Morgan fingerprint density at radius 2 is 2.22 bits per heavy atom. The minimum absolute atomic E-state index is 0.0527. The Morgan fingerprint density at radius 1 is 1.39 bits per heavy atom. The minimum atomic E-state index is -0.0527. The zero-order chi connectivity index (χ0) is 16.2. The molecule has 0 saturated carbocycles. The van der Waals surface area contributed by atoms with Gasteiger partial charge in [-0.05, 0) is 24.3 Å². The van der Waals surface area contributed by atoms with E-state index in [1.165, 1.54) is 11.3 Å². The number of hydrogen-bond acceptors (Lipinski definition) is 6.